The second-order valence-corrected chi connectivity index (χ2v) is 5.34. The fourth-order valence-corrected chi connectivity index (χ4v) is 3.00. The second-order valence-electron chi connectivity index (χ2n) is 4.08. The summed E-state index contributed by atoms with van der Waals surface area (Å²) in [6.45, 7) is 0. The normalized spacial score (nSPS) is 11.1. The van der Waals surface area contributed by atoms with Crippen molar-refractivity contribution in [1.82, 2.24) is 9.55 Å². The molecule has 5 heteroatoms. The molecule has 0 radical (unpaired) electrons. The predicted molar refractivity (Wildman–Crippen MR) is 82.3 cm³/mol. The molecule has 3 rings (SSSR count). The van der Waals surface area contributed by atoms with Crippen LogP contribution in [0.4, 0.5) is 5.95 Å². The van der Waals surface area contributed by atoms with E-state index in [1.165, 1.54) is 0 Å². The predicted octanol–water partition coefficient (Wildman–Crippen LogP) is 3.98. The third-order valence-corrected chi connectivity index (χ3v) is 4.07. The number of rotatable bonds is 2. The van der Waals surface area contributed by atoms with Crippen LogP contribution < -0.4 is 5.73 Å². The van der Waals surface area contributed by atoms with Crippen molar-refractivity contribution in [3.8, 4) is 5.69 Å². The Morgan fingerprint density at radius 2 is 1.95 bits per heavy atom. The van der Waals surface area contributed by atoms with Crippen LogP contribution in [0.1, 0.15) is 0 Å². The molecule has 2 aromatic carbocycles. The highest BCUT2D eigenvalue weighted by Crippen LogP contribution is 2.32. The molecule has 0 fully saturated rings. The number of anilines is 1. The topological polar surface area (TPSA) is 43.8 Å². The number of nitrogen functional groups attached to an aromatic ring is 1. The van der Waals surface area contributed by atoms with E-state index in [0.717, 1.165) is 21.6 Å². The molecule has 0 saturated carbocycles. The van der Waals surface area contributed by atoms with Crippen molar-refractivity contribution in [2.75, 3.05) is 12.0 Å². The van der Waals surface area contributed by atoms with Crippen molar-refractivity contribution >= 4 is 40.3 Å². The lowest BCUT2D eigenvalue weighted by Crippen LogP contribution is -2.02. The van der Waals surface area contributed by atoms with Gasteiger partial charge in [-0.05, 0) is 30.5 Å². The largest absolute Gasteiger partial charge is 0.369 e. The summed E-state index contributed by atoms with van der Waals surface area (Å²) in [7, 11) is 0. The fraction of sp³-hybridized carbons (Fsp3) is 0.0714. The van der Waals surface area contributed by atoms with Crippen molar-refractivity contribution in [3.63, 3.8) is 0 Å². The van der Waals surface area contributed by atoms with Crippen LogP contribution in [0.15, 0.2) is 47.4 Å². The summed E-state index contributed by atoms with van der Waals surface area (Å²) >= 11 is 7.97. The highest BCUT2D eigenvalue weighted by Gasteiger charge is 2.14. The van der Waals surface area contributed by atoms with Gasteiger partial charge in [-0.2, -0.15) is 0 Å². The van der Waals surface area contributed by atoms with Gasteiger partial charge in [0.25, 0.3) is 0 Å². The minimum atomic E-state index is 0.449. The summed E-state index contributed by atoms with van der Waals surface area (Å²) in [5.41, 5.74) is 8.72. The first-order valence-electron chi connectivity index (χ1n) is 5.78. The number of imidazole rings is 1. The lowest BCUT2D eigenvalue weighted by atomic mass is 10.3. The third-order valence-electron chi connectivity index (χ3n) is 2.98. The highest BCUT2D eigenvalue weighted by molar-refractivity contribution is 7.98. The Morgan fingerprint density at radius 3 is 2.74 bits per heavy atom. The number of hydrogen-bond donors (Lipinski definition) is 1. The minimum Gasteiger partial charge on any atom is -0.369 e. The van der Waals surface area contributed by atoms with Crippen LogP contribution in [0.3, 0.4) is 0 Å². The molecule has 0 atom stereocenters. The van der Waals surface area contributed by atoms with E-state index in [2.05, 4.69) is 11.1 Å². The maximum atomic E-state index is 6.30. The van der Waals surface area contributed by atoms with Gasteiger partial charge in [-0.3, -0.25) is 4.57 Å². The maximum Gasteiger partial charge on any atom is 0.206 e. The van der Waals surface area contributed by atoms with Gasteiger partial charge in [0.05, 0.1) is 21.7 Å². The molecule has 3 aromatic rings. The Bertz CT molecular complexity index is 752. The number of thioether (sulfide) groups is 1. The third kappa shape index (κ3) is 1.97. The first-order chi connectivity index (χ1) is 9.22. The Kier molecular flexibility index (Phi) is 3.12. The maximum absolute atomic E-state index is 6.30. The number of fused-ring (bicyclic) bond motifs is 1. The molecule has 19 heavy (non-hydrogen) atoms. The number of hydrogen-bond acceptors (Lipinski definition) is 3. The zero-order chi connectivity index (χ0) is 13.4. The van der Waals surface area contributed by atoms with Gasteiger partial charge >= 0.3 is 0 Å². The van der Waals surface area contributed by atoms with E-state index in [9.17, 15) is 0 Å². The minimum absolute atomic E-state index is 0.449. The standard InChI is InChI=1S/C14H12ClN3S/c1-19-12-8-3-2-7-11(12)18-13-9(15)5-4-6-10(13)17-14(18)16/h2-8H,1H3,(H2,16,17). The monoisotopic (exact) mass is 289 g/mol. The summed E-state index contributed by atoms with van der Waals surface area (Å²) in [5, 5.41) is 0.651. The Hall–Kier alpha value is -1.65. The van der Waals surface area contributed by atoms with Gasteiger partial charge in [-0.1, -0.05) is 29.8 Å². The molecule has 0 unspecified atom stereocenters. The summed E-state index contributed by atoms with van der Waals surface area (Å²) in [5.74, 6) is 0.449. The summed E-state index contributed by atoms with van der Waals surface area (Å²) in [6.07, 6.45) is 2.04. The average molecular weight is 290 g/mol. The number of para-hydroxylation sites is 2. The molecular weight excluding hydrogens is 278 g/mol. The van der Waals surface area contributed by atoms with Crippen LogP contribution in [-0.2, 0) is 0 Å². The lowest BCUT2D eigenvalue weighted by Gasteiger charge is -2.11. The van der Waals surface area contributed by atoms with Crippen LogP contribution in [0.25, 0.3) is 16.7 Å². The zero-order valence-electron chi connectivity index (χ0n) is 10.3. The second kappa shape index (κ2) is 4.79. The van der Waals surface area contributed by atoms with Gasteiger partial charge < -0.3 is 5.73 Å². The number of aromatic nitrogens is 2. The van der Waals surface area contributed by atoms with Crippen molar-refractivity contribution in [3.05, 3.63) is 47.5 Å². The molecule has 1 aromatic heterocycles. The SMILES string of the molecule is CSc1ccccc1-n1c(N)nc2cccc(Cl)c21. The van der Waals surface area contributed by atoms with E-state index in [0.29, 0.717) is 11.0 Å². The number of halogens is 1. The average Bonchev–Trinajstić information content (AvgIpc) is 2.76. The lowest BCUT2D eigenvalue weighted by molar-refractivity contribution is 1.07. The molecule has 2 N–H and O–H groups in total. The molecule has 0 aliphatic carbocycles. The van der Waals surface area contributed by atoms with Crippen molar-refractivity contribution in [2.24, 2.45) is 0 Å². The molecule has 0 saturated heterocycles. The van der Waals surface area contributed by atoms with Crippen molar-refractivity contribution < 1.29 is 0 Å². The Labute approximate surface area is 120 Å². The molecule has 0 aliphatic heterocycles. The van der Waals surface area contributed by atoms with E-state index >= 15 is 0 Å². The fourth-order valence-electron chi connectivity index (χ4n) is 2.16. The van der Waals surface area contributed by atoms with Crippen LogP contribution in [0.5, 0.6) is 0 Å². The number of benzene rings is 2. The molecule has 0 aliphatic rings. The van der Waals surface area contributed by atoms with E-state index in [-0.39, 0.29) is 0 Å². The first kappa shape index (κ1) is 12.4. The van der Waals surface area contributed by atoms with E-state index in [4.69, 9.17) is 17.3 Å². The Balaban J connectivity index is 2.39. The molecule has 0 bridgehead atoms. The van der Waals surface area contributed by atoms with Crippen LogP contribution >= 0.6 is 23.4 Å². The van der Waals surface area contributed by atoms with Gasteiger partial charge in [0, 0.05) is 4.90 Å². The number of nitrogens with zero attached hydrogens (tertiary/aromatic N) is 2. The molecule has 0 spiro atoms. The van der Waals surface area contributed by atoms with E-state index in [1.807, 2.05) is 47.2 Å². The van der Waals surface area contributed by atoms with Gasteiger partial charge in [0.15, 0.2) is 0 Å². The summed E-state index contributed by atoms with van der Waals surface area (Å²) in [6, 6.07) is 13.7. The zero-order valence-corrected chi connectivity index (χ0v) is 11.9. The van der Waals surface area contributed by atoms with Gasteiger partial charge in [0.1, 0.15) is 0 Å². The van der Waals surface area contributed by atoms with Gasteiger partial charge in [0.2, 0.25) is 5.95 Å². The van der Waals surface area contributed by atoms with E-state index in [1.54, 1.807) is 11.8 Å². The van der Waals surface area contributed by atoms with Crippen LogP contribution in [0, 0.1) is 0 Å². The summed E-state index contributed by atoms with van der Waals surface area (Å²) < 4.78 is 1.91. The molecule has 3 nitrogen and oxygen atoms in total. The molecule has 1 heterocycles. The van der Waals surface area contributed by atoms with Gasteiger partial charge in [-0.15, -0.1) is 11.8 Å². The van der Waals surface area contributed by atoms with Crippen LogP contribution in [0.2, 0.25) is 5.02 Å². The molecule has 0 amide bonds. The highest BCUT2D eigenvalue weighted by atomic mass is 35.5. The van der Waals surface area contributed by atoms with E-state index < -0.39 is 0 Å². The number of nitrogens with two attached hydrogens (primary N) is 1. The molecule has 96 valence electrons. The smallest absolute Gasteiger partial charge is 0.206 e. The van der Waals surface area contributed by atoms with Crippen molar-refractivity contribution in [1.29, 1.82) is 0 Å². The summed E-state index contributed by atoms with van der Waals surface area (Å²) in [4.78, 5) is 5.51. The quantitative estimate of drug-likeness (QED) is 0.726. The first-order valence-corrected chi connectivity index (χ1v) is 7.38. The Morgan fingerprint density at radius 1 is 1.16 bits per heavy atom. The van der Waals surface area contributed by atoms with Crippen LogP contribution in [-0.4, -0.2) is 15.8 Å². The molecular formula is C14H12ClN3S. The van der Waals surface area contributed by atoms with Gasteiger partial charge in [-0.25, -0.2) is 4.98 Å². The van der Waals surface area contributed by atoms with Crippen molar-refractivity contribution in [2.45, 2.75) is 4.90 Å².